The van der Waals surface area contributed by atoms with Gasteiger partial charge in [0, 0.05) is 28.7 Å². The lowest BCUT2D eigenvalue weighted by Crippen LogP contribution is -2.44. The molecule has 0 radical (unpaired) electrons. The number of nitrogens with one attached hydrogen (secondary N) is 1. The molecular formula is C20H21BrF6N2O3S. The largest absolute Gasteiger partial charge is 0.490 e. The molecule has 0 saturated carbocycles. The summed E-state index contributed by atoms with van der Waals surface area (Å²) in [6.07, 6.45) is 0. The van der Waals surface area contributed by atoms with Crippen LogP contribution in [0.5, 0.6) is 11.5 Å². The Kier molecular flexibility index (Phi) is 6.50. The van der Waals surface area contributed by atoms with Crippen LogP contribution in [0.4, 0.5) is 23.8 Å². The Balaban J connectivity index is 1.81. The van der Waals surface area contributed by atoms with Gasteiger partial charge in [0.15, 0.2) is 23.1 Å². The van der Waals surface area contributed by atoms with Crippen molar-refractivity contribution in [2.24, 2.45) is 0 Å². The molecule has 33 heavy (non-hydrogen) atoms. The third-order valence-corrected chi connectivity index (χ3v) is 6.63. The molecule has 5 nitrogen and oxygen atoms in total. The van der Waals surface area contributed by atoms with E-state index in [2.05, 4.69) is 21.4 Å². The molecule has 0 spiro atoms. The zero-order valence-corrected chi connectivity index (χ0v) is 20.0. The van der Waals surface area contributed by atoms with Crippen LogP contribution in [0.2, 0.25) is 0 Å². The number of fused-ring (bicyclic) bond motifs is 1. The second kappa shape index (κ2) is 8.36. The number of Topliss-reactive ketones (excluding diaryl/α,β-unsaturated/α-hetero) is 1. The summed E-state index contributed by atoms with van der Waals surface area (Å²) in [5.41, 5.74) is 3.56. The Labute approximate surface area is 194 Å². The molecule has 0 aliphatic carbocycles. The molecule has 0 aromatic heterocycles. The summed E-state index contributed by atoms with van der Waals surface area (Å²) in [5, 5.41) is 1.45. The van der Waals surface area contributed by atoms with Gasteiger partial charge in [-0.15, -0.1) is 0 Å². The Hall–Kier alpha value is -1.96. The van der Waals surface area contributed by atoms with E-state index in [1.54, 1.807) is 19.9 Å². The van der Waals surface area contributed by atoms with Crippen molar-refractivity contribution in [2.45, 2.75) is 31.8 Å². The van der Waals surface area contributed by atoms with Crippen molar-refractivity contribution in [3.63, 3.8) is 0 Å². The molecule has 1 aliphatic rings. The summed E-state index contributed by atoms with van der Waals surface area (Å²) in [6.45, 7) is 3.78. The zero-order chi connectivity index (χ0) is 24.7. The molecule has 13 heteroatoms. The minimum Gasteiger partial charge on any atom is -0.490 e. The van der Waals surface area contributed by atoms with Gasteiger partial charge in [0.1, 0.15) is 4.90 Å². The lowest BCUT2D eigenvalue weighted by molar-refractivity contribution is 0.0844. The van der Waals surface area contributed by atoms with Crippen LogP contribution in [0.15, 0.2) is 33.6 Å². The van der Waals surface area contributed by atoms with Crippen molar-refractivity contribution in [3.8, 4) is 11.5 Å². The fourth-order valence-electron chi connectivity index (χ4n) is 3.36. The lowest BCUT2D eigenvalue weighted by Gasteiger charge is -2.40. The van der Waals surface area contributed by atoms with Crippen LogP contribution >= 0.6 is 26.2 Å². The molecule has 0 saturated heterocycles. The number of halogens is 7. The second-order valence-corrected chi connectivity index (χ2v) is 10.5. The highest BCUT2D eigenvalue weighted by molar-refractivity contribution is 9.10. The summed E-state index contributed by atoms with van der Waals surface area (Å²) in [5.74, 6) is -0.982. The monoisotopic (exact) mass is 562 g/mol. The number of carbonyl (C=O) groups excluding carboxylic acids is 1. The van der Waals surface area contributed by atoms with E-state index in [1.165, 1.54) is 5.01 Å². The van der Waals surface area contributed by atoms with E-state index in [9.17, 15) is 28.6 Å². The van der Waals surface area contributed by atoms with E-state index in [4.69, 9.17) is 9.47 Å². The van der Waals surface area contributed by atoms with E-state index >= 15 is 0 Å². The molecule has 2 aromatic carbocycles. The van der Waals surface area contributed by atoms with Crippen molar-refractivity contribution in [1.29, 1.82) is 0 Å². The number of ketones is 1. The number of ether oxygens (including phenoxy) is 2. The fraction of sp³-hybridized carbons (Fsp3) is 0.350. The van der Waals surface area contributed by atoms with E-state index in [1.807, 2.05) is 0 Å². The smallest absolute Gasteiger partial charge is 0.310 e. The Morgan fingerprint density at radius 1 is 1.12 bits per heavy atom. The summed E-state index contributed by atoms with van der Waals surface area (Å²) < 4.78 is 90.4. The quantitative estimate of drug-likeness (QED) is 0.285. The van der Waals surface area contributed by atoms with Gasteiger partial charge in [-0.25, -0.2) is 14.8 Å². The first-order chi connectivity index (χ1) is 15.1. The zero-order valence-electron chi connectivity index (χ0n) is 17.6. The summed E-state index contributed by atoms with van der Waals surface area (Å²) in [7, 11) is -9.87. The maximum atomic E-state index is 14.9. The predicted molar refractivity (Wildman–Crippen MR) is 116 cm³/mol. The molecule has 2 aromatic rings. The SMILES string of the molecule is CCOc1cc2c(c(F)c1OCC)CNN(CC(=O)c1ccc(S(F)(F)(F)(F)F)cc1Br)C2. The topological polar surface area (TPSA) is 50.8 Å². The van der Waals surface area contributed by atoms with Crippen LogP contribution in [-0.4, -0.2) is 30.6 Å². The number of hydrogen-bond acceptors (Lipinski definition) is 5. The van der Waals surface area contributed by atoms with E-state index in [0.717, 1.165) is 0 Å². The number of benzene rings is 2. The van der Waals surface area contributed by atoms with Gasteiger partial charge in [-0.3, -0.25) is 4.79 Å². The third kappa shape index (κ3) is 5.76. The van der Waals surface area contributed by atoms with Gasteiger partial charge in [0.05, 0.1) is 19.8 Å². The van der Waals surface area contributed by atoms with E-state index < -0.39 is 31.2 Å². The molecule has 0 bridgehead atoms. The Morgan fingerprint density at radius 2 is 1.79 bits per heavy atom. The molecule has 0 unspecified atom stereocenters. The molecular weight excluding hydrogens is 542 g/mol. The number of carbonyl (C=O) groups is 1. The fourth-order valence-corrected chi connectivity index (χ4v) is 4.77. The molecule has 3 rings (SSSR count). The van der Waals surface area contributed by atoms with Crippen LogP contribution in [0.3, 0.4) is 0 Å². The standard InChI is InChI=1S/C20H21BrF6N2O3S/c1-3-31-18-7-12-10-29(28-9-15(12)19(22)20(18)32-4-2)11-17(30)14-6-5-13(8-16(14)21)33(23,24,25,26)27/h5-8,28H,3-4,9-11H2,1-2H3. The minimum absolute atomic E-state index is 0.00241. The van der Waals surface area contributed by atoms with Crippen LogP contribution < -0.4 is 14.9 Å². The first-order valence-corrected chi connectivity index (χ1v) is 12.5. The lowest BCUT2D eigenvalue weighted by atomic mass is 10.0. The van der Waals surface area contributed by atoms with E-state index in [0.29, 0.717) is 17.2 Å². The average Bonchev–Trinajstić information content (AvgIpc) is 2.69. The number of nitrogens with zero attached hydrogens (tertiary/aromatic N) is 1. The Bertz CT molecular complexity index is 1100. The van der Waals surface area contributed by atoms with E-state index in [-0.39, 0.29) is 62.0 Å². The first-order valence-electron chi connectivity index (χ1n) is 9.79. The summed E-state index contributed by atoms with van der Waals surface area (Å²) >= 11 is 2.78. The number of rotatable bonds is 8. The number of hydrazine groups is 1. The maximum absolute atomic E-state index is 14.9. The molecule has 1 N–H and O–H groups in total. The number of hydrogen-bond donors (Lipinski definition) is 1. The normalized spacial score (nSPS) is 16.5. The first kappa shape index (κ1) is 25.7. The van der Waals surface area contributed by atoms with Crippen molar-refractivity contribution in [1.82, 2.24) is 10.4 Å². The highest BCUT2D eigenvalue weighted by Gasteiger charge is 2.65. The molecule has 1 heterocycles. The highest BCUT2D eigenvalue weighted by atomic mass is 79.9. The summed E-state index contributed by atoms with van der Waals surface area (Å²) in [6, 6.07) is 2.72. The highest BCUT2D eigenvalue weighted by Crippen LogP contribution is 3.02. The van der Waals surface area contributed by atoms with Crippen LogP contribution in [0.1, 0.15) is 35.3 Å². The molecule has 0 amide bonds. The van der Waals surface area contributed by atoms with Gasteiger partial charge in [-0.1, -0.05) is 35.4 Å². The maximum Gasteiger partial charge on any atom is 0.310 e. The van der Waals surface area contributed by atoms with Gasteiger partial charge in [-0.05, 0) is 43.7 Å². The van der Waals surface area contributed by atoms with Crippen molar-refractivity contribution < 1.29 is 38.1 Å². The second-order valence-electron chi connectivity index (χ2n) is 7.25. The van der Waals surface area contributed by atoms with Crippen LogP contribution in [-0.2, 0) is 13.1 Å². The molecule has 1 aliphatic heterocycles. The molecule has 0 fully saturated rings. The van der Waals surface area contributed by atoms with Crippen molar-refractivity contribution in [3.05, 3.63) is 51.2 Å². The molecule has 0 atom stereocenters. The van der Waals surface area contributed by atoms with Gasteiger partial charge in [0.25, 0.3) is 0 Å². The average molecular weight is 563 g/mol. The van der Waals surface area contributed by atoms with Crippen molar-refractivity contribution >= 4 is 31.9 Å². The predicted octanol–water partition coefficient (Wildman–Crippen LogP) is 6.75. The van der Waals surface area contributed by atoms with Gasteiger partial charge in [0.2, 0.25) is 0 Å². The van der Waals surface area contributed by atoms with Crippen LogP contribution in [0.25, 0.3) is 0 Å². The third-order valence-electron chi connectivity index (χ3n) is 4.83. The Morgan fingerprint density at radius 3 is 2.36 bits per heavy atom. The van der Waals surface area contributed by atoms with Gasteiger partial charge < -0.3 is 9.47 Å². The van der Waals surface area contributed by atoms with Crippen molar-refractivity contribution in [2.75, 3.05) is 19.8 Å². The van der Waals surface area contributed by atoms with Gasteiger partial charge >= 0.3 is 10.2 Å². The molecule has 184 valence electrons. The van der Waals surface area contributed by atoms with Crippen LogP contribution in [0, 0.1) is 5.82 Å². The van der Waals surface area contributed by atoms with Gasteiger partial charge in [-0.2, -0.15) is 0 Å². The summed E-state index contributed by atoms with van der Waals surface area (Å²) in [4.78, 5) is 10.6. The minimum atomic E-state index is -9.87.